The standard InChI is InChI=1S/C9H6ClFN2O/c10-6-2-1-5(3-7(6)11)8-4-9(12)14-13-8/h1-4H,12H2. The van der Waals surface area contributed by atoms with Gasteiger partial charge in [-0.1, -0.05) is 22.8 Å². The maximum atomic E-state index is 13.1. The predicted molar refractivity (Wildman–Crippen MR) is 51.3 cm³/mol. The first-order valence-corrected chi connectivity index (χ1v) is 4.22. The van der Waals surface area contributed by atoms with Crippen LogP contribution < -0.4 is 5.73 Å². The number of anilines is 1. The third-order valence-corrected chi connectivity index (χ3v) is 2.05. The first kappa shape index (κ1) is 9.02. The van der Waals surface area contributed by atoms with Crippen molar-refractivity contribution in [1.29, 1.82) is 0 Å². The number of hydrogen-bond donors (Lipinski definition) is 1. The van der Waals surface area contributed by atoms with Crippen molar-refractivity contribution in [3.63, 3.8) is 0 Å². The number of nitrogens with zero attached hydrogens (tertiary/aromatic N) is 1. The van der Waals surface area contributed by atoms with Gasteiger partial charge in [0.15, 0.2) is 0 Å². The Labute approximate surface area is 84.3 Å². The van der Waals surface area contributed by atoms with Crippen LogP contribution >= 0.6 is 11.6 Å². The van der Waals surface area contributed by atoms with Gasteiger partial charge in [-0.05, 0) is 12.1 Å². The summed E-state index contributed by atoms with van der Waals surface area (Å²) >= 11 is 5.53. The number of nitrogens with two attached hydrogens (primary N) is 1. The van der Waals surface area contributed by atoms with E-state index in [1.165, 1.54) is 18.2 Å². The number of aromatic nitrogens is 1. The molecule has 5 heteroatoms. The average molecular weight is 213 g/mol. The zero-order chi connectivity index (χ0) is 10.1. The molecule has 0 aliphatic rings. The van der Waals surface area contributed by atoms with Crippen molar-refractivity contribution in [2.75, 3.05) is 5.73 Å². The Bertz CT molecular complexity index is 470. The fourth-order valence-corrected chi connectivity index (χ4v) is 1.20. The summed E-state index contributed by atoms with van der Waals surface area (Å²) in [5.74, 6) is -0.305. The minimum Gasteiger partial charge on any atom is -0.368 e. The number of benzene rings is 1. The van der Waals surface area contributed by atoms with E-state index >= 15 is 0 Å². The monoisotopic (exact) mass is 212 g/mol. The SMILES string of the molecule is Nc1cc(-c2ccc(Cl)c(F)c2)no1. The van der Waals surface area contributed by atoms with Crippen LogP contribution in [0.4, 0.5) is 10.3 Å². The molecule has 0 saturated carbocycles. The van der Waals surface area contributed by atoms with E-state index in [4.69, 9.17) is 17.3 Å². The highest BCUT2D eigenvalue weighted by molar-refractivity contribution is 6.30. The highest BCUT2D eigenvalue weighted by Crippen LogP contribution is 2.24. The lowest BCUT2D eigenvalue weighted by Gasteiger charge is -1.96. The summed E-state index contributed by atoms with van der Waals surface area (Å²) in [4.78, 5) is 0. The molecule has 2 N–H and O–H groups in total. The maximum absolute atomic E-state index is 13.1. The molecule has 2 rings (SSSR count). The smallest absolute Gasteiger partial charge is 0.222 e. The Morgan fingerprint density at radius 2 is 2.14 bits per heavy atom. The molecule has 72 valence electrons. The van der Waals surface area contributed by atoms with Crippen LogP contribution in [0.5, 0.6) is 0 Å². The Kier molecular flexibility index (Phi) is 2.13. The molecule has 0 spiro atoms. The van der Waals surface area contributed by atoms with Gasteiger partial charge in [-0.25, -0.2) is 4.39 Å². The fourth-order valence-electron chi connectivity index (χ4n) is 1.08. The fraction of sp³-hybridized carbons (Fsp3) is 0. The minimum absolute atomic E-state index is 0.0743. The van der Waals surface area contributed by atoms with Crippen molar-refractivity contribution in [2.24, 2.45) is 0 Å². The molecule has 0 bridgehead atoms. The van der Waals surface area contributed by atoms with Gasteiger partial charge in [0, 0.05) is 11.6 Å². The summed E-state index contributed by atoms with van der Waals surface area (Å²) in [6.45, 7) is 0. The van der Waals surface area contributed by atoms with E-state index in [9.17, 15) is 4.39 Å². The molecule has 0 fully saturated rings. The number of hydrogen-bond acceptors (Lipinski definition) is 3. The molecule has 0 radical (unpaired) electrons. The Hall–Kier alpha value is -1.55. The van der Waals surface area contributed by atoms with Crippen molar-refractivity contribution in [3.8, 4) is 11.3 Å². The summed E-state index contributed by atoms with van der Waals surface area (Å²) in [6, 6.07) is 5.89. The zero-order valence-electron chi connectivity index (χ0n) is 7.00. The maximum Gasteiger partial charge on any atom is 0.222 e. The summed E-state index contributed by atoms with van der Waals surface area (Å²) in [5.41, 5.74) is 6.40. The van der Waals surface area contributed by atoms with E-state index < -0.39 is 5.82 Å². The Morgan fingerprint density at radius 1 is 1.36 bits per heavy atom. The average Bonchev–Trinajstić information content (AvgIpc) is 2.57. The highest BCUT2D eigenvalue weighted by atomic mass is 35.5. The number of halogens is 2. The van der Waals surface area contributed by atoms with Crippen LogP contribution in [-0.2, 0) is 0 Å². The lowest BCUT2D eigenvalue weighted by Crippen LogP contribution is -1.81. The molecule has 3 nitrogen and oxygen atoms in total. The van der Waals surface area contributed by atoms with Crippen molar-refractivity contribution < 1.29 is 8.91 Å². The van der Waals surface area contributed by atoms with E-state index in [0.717, 1.165) is 0 Å². The number of nitrogen functional groups attached to an aromatic ring is 1. The quantitative estimate of drug-likeness (QED) is 0.791. The number of rotatable bonds is 1. The molecular weight excluding hydrogens is 207 g/mol. The second-order valence-corrected chi connectivity index (χ2v) is 3.15. The Balaban J connectivity index is 2.47. The first-order chi connectivity index (χ1) is 6.66. The van der Waals surface area contributed by atoms with Crippen molar-refractivity contribution in [3.05, 3.63) is 35.1 Å². The van der Waals surface area contributed by atoms with E-state index in [1.54, 1.807) is 6.07 Å². The lowest BCUT2D eigenvalue weighted by molar-refractivity contribution is 0.439. The largest absolute Gasteiger partial charge is 0.368 e. The summed E-state index contributed by atoms with van der Waals surface area (Å²) < 4.78 is 17.7. The van der Waals surface area contributed by atoms with Gasteiger partial charge >= 0.3 is 0 Å². The van der Waals surface area contributed by atoms with Gasteiger partial charge in [0.25, 0.3) is 0 Å². The second kappa shape index (κ2) is 3.31. The summed E-state index contributed by atoms with van der Waals surface area (Å²) in [6.07, 6.45) is 0. The zero-order valence-corrected chi connectivity index (χ0v) is 7.75. The van der Waals surface area contributed by atoms with Crippen LogP contribution in [0.15, 0.2) is 28.8 Å². The van der Waals surface area contributed by atoms with Gasteiger partial charge < -0.3 is 10.3 Å². The van der Waals surface area contributed by atoms with Crippen molar-refractivity contribution in [1.82, 2.24) is 5.16 Å². The van der Waals surface area contributed by atoms with E-state index in [0.29, 0.717) is 11.3 Å². The van der Waals surface area contributed by atoms with Crippen LogP contribution in [0.2, 0.25) is 5.02 Å². The molecule has 1 heterocycles. The third-order valence-electron chi connectivity index (χ3n) is 1.74. The molecule has 0 saturated heterocycles. The second-order valence-electron chi connectivity index (χ2n) is 2.74. The lowest BCUT2D eigenvalue weighted by atomic mass is 10.1. The van der Waals surface area contributed by atoms with Gasteiger partial charge in [-0.3, -0.25) is 0 Å². The highest BCUT2D eigenvalue weighted by Gasteiger charge is 2.06. The predicted octanol–water partition coefficient (Wildman–Crippen LogP) is 2.72. The van der Waals surface area contributed by atoms with Gasteiger partial charge in [-0.2, -0.15) is 0 Å². The van der Waals surface area contributed by atoms with Gasteiger partial charge in [-0.15, -0.1) is 0 Å². The molecule has 2 aromatic rings. The third kappa shape index (κ3) is 1.56. The van der Waals surface area contributed by atoms with E-state index in [-0.39, 0.29) is 10.9 Å². The summed E-state index contributed by atoms with van der Waals surface area (Å²) in [7, 11) is 0. The van der Waals surface area contributed by atoms with E-state index in [2.05, 4.69) is 9.68 Å². The molecule has 0 aliphatic carbocycles. The molecular formula is C9H6ClFN2O. The molecule has 1 aromatic carbocycles. The molecule has 0 aliphatic heterocycles. The van der Waals surface area contributed by atoms with Gasteiger partial charge in [0.05, 0.1) is 5.02 Å². The molecule has 1 aromatic heterocycles. The van der Waals surface area contributed by atoms with E-state index in [1.807, 2.05) is 0 Å². The van der Waals surface area contributed by atoms with Gasteiger partial charge in [0.2, 0.25) is 5.88 Å². The molecule has 0 unspecified atom stereocenters. The molecule has 14 heavy (non-hydrogen) atoms. The summed E-state index contributed by atoms with van der Waals surface area (Å²) in [5, 5.41) is 3.72. The normalized spacial score (nSPS) is 10.4. The van der Waals surface area contributed by atoms with Crippen LogP contribution in [0, 0.1) is 5.82 Å². The van der Waals surface area contributed by atoms with Crippen molar-refractivity contribution in [2.45, 2.75) is 0 Å². The first-order valence-electron chi connectivity index (χ1n) is 3.84. The van der Waals surface area contributed by atoms with Crippen LogP contribution in [-0.4, -0.2) is 5.16 Å². The van der Waals surface area contributed by atoms with Gasteiger partial charge in [0.1, 0.15) is 11.5 Å². The molecule has 0 amide bonds. The van der Waals surface area contributed by atoms with Crippen LogP contribution in [0.1, 0.15) is 0 Å². The topological polar surface area (TPSA) is 52.0 Å². The molecule has 0 atom stereocenters. The Morgan fingerprint density at radius 3 is 2.71 bits per heavy atom. The minimum atomic E-state index is -0.495. The van der Waals surface area contributed by atoms with Crippen LogP contribution in [0.3, 0.4) is 0 Å². The van der Waals surface area contributed by atoms with Crippen molar-refractivity contribution >= 4 is 17.5 Å². The van der Waals surface area contributed by atoms with Crippen LogP contribution in [0.25, 0.3) is 11.3 Å².